The number of carbonyl (C=O) groups excluding carboxylic acids is 1. The van der Waals surface area contributed by atoms with Crippen LogP contribution in [0.5, 0.6) is 0 Å². The molecule has 0 saturated heterocycles. The molecule has 0 aliphatic heterocycles. The highest BCUT2D eigenvalue weighted by Crippen LogP contribution is 2.06. The topological polar surface area (TPSA) is 49.3 Å². The molecule has 0 fully saturated rings. The van der Waals surface area contributed by atoms with Gasteiger partial charge in [-0.25, -0.2) is 0 Å². The Balaban J connectivity index is 3.84. The van der Waals surface area contributed by atoms with Crippen LogP contribution in [0, 0.1) is 5.92 Å². The van der Waals surface area contributed by atoms with Crippen molar-refractivity contribution in [2.24, 2.45) is 5.92 Å². The molecule has 66 valence electrons. The van der Waals surface area contributed by atoms with Crippen LogP contribution in [-0.4, -0.2) is 23.7 Å². The second-order valence-electron chi connectivity index (χ2n) is 2.88. The van der Waals surface area contributed by atoms with E-state index in [1.165, 1.54) is 6.92 Å². The maximum atomic E-state index is 10.6. The van der Waals surface area contributed by atoms with E-state index in [9.17, 15) is 4.79 Å². The Bertz CT molecular complexity index is 125. The van der Waals surface area contributed by atoms with Gasteiger partial charge in [0.15, 0.2) is 0 Å². The van der Waals surface area contributed by atoms with E-state index in [1.807, 2.05) is 13.8 Å². The van der Waals surface area contributed by atoms with Gasteiger partial charge in [0.1, 0.15) is 0 Å². The summed E-state index contributed by atoms with van der Waals surface area (Å²) in [5, 5.41) is 11.6. The van der Waals surface area contributed by atoms with Crippen LogP contribution in [0.15, 0.2) is 0 Å². The number of amides is 1. The van der Waals surface area contributed by atoms with Gasteiger partial charge in [0.05, 0.1) is 12.6 Å². The van der Waals surface area contributed by atoms with E-state index in [0.29, 0.717) is 5.92 Å². The lowest BCUT2D eigenvalue weighted by Crippen LogP contribution is -2.40. The molecule has 0 aromatic carbocycles. The van der Waals surface area contributed by atoms with Crippen molar-refractivity contribution in [2.75, 3.05) is 6.61 Å². The van der Waals surface area contributed by atoms with Crippen molar-refractivity contribution in [1.82, 2.24) is 5.32 Å². The zero-order valence-corrected chi connectivity index (χ0v) is 7.42. The lowest BCUT2D eigenvalue weighted by Gasteiger charge is -2.20. The highest BCUT2D eigenvalue weighted by molar-refractivity contribution is 5.73. The second-order valence-corrected chi connectivity index (χ2v) is 2.88. The largest absolute Gasteiger partial charge is 0.394 e. The SMILES string of the molecule is CC[C@@H](C)[C@@H](CO)NC(C)=O. The minimum atomic E-state index is -0.0856. The van der Waals surface area contributed by atoms with Crippen LogP contribution in [-0.2, 0) is 4.79 Å². The van der Waals surface area contributed by atoms with Crippen LogP contribution >= 0.6 is 0 Å². The average Bonchev–Trinajstić information content (AvgIpc) is 1.98. The van der Waals surface area contributed by atoms with E-state index in [-0.39, 0.29) is 18.6 Å². The first kappa shape index (κ1) is 10.4. The summed E-state index contributed by atoms with van der Waals surface area (Å²) >= 11 is 0. The molecule has 0 heterocycles. The minimum Gasteiger partial charge on any atom is -0.394 e. The molecule has 0 spiro atoms. The molecule has 0 aliphatic carbocycles. The Morgan fingerprint density at radius 3 is 2.45 bits per heavy atom. The molecule has 0 aromatic heterocycles. The third kappa shape index (κ3) is 3.98. The number of nitrogens with one attached hydrogen (secondary N) is 1. The van der Waals surface area contributed by atoms with Crippen molar-refractivity contribution < 1.29 is 9.90 Å². The highest BCUT2D eigenvalue weighted by Gasteiger charge is 2.14. The van der Waals surface area contributed by atoms with Gasteiger partial charge in [-0.15, -0.1) is 0 Å². The highest BCUT2D eigenvalue weighted by atomic mass is 16.3. The summed E-state index contributed by atoms with van der Waals surface area (Å²) in [4.78, 5) is 10.6. The van der Waals surface area contributed by atoms with Gasteiger partial charge < -0.3 is 10.4 Å². The summed E-state index contributed by atoms with van der Waals surface area (Å²) in [5.41, 5.74) is 0. The summed E-state index contributed by atoms with van der Waals surface area (Å²) in [7, 11) is 0. The van der Waals surface area contributed by atoms with E-state index in [1.54, 1.807) is 0 Å². The minimum absolute atomic E-state index is 0.0224. The normalized spacial score (nSPS) is 15.6. The molecule has 2 atom stereocenters. The standard InChI is InChI=1S/C8H17NO2/c1-4-6(2)8(5-10)9-7(3)11/h6,8,10H,4-5H2,1-3H3,(H,9,11)/t6-,8-/m1/s1. The number of rotatable bonds is 4. The predicted octanol–water partition coefficient (Wildman–Crippen LogP) is 0.529. The fourth-order valence-electron chi connectivity index (χ4n) is 0.913. The lowest BCUT2D eigenvalue weighted by molar-refractivity contribution is -0.120. The predicted molar refractivity (Wildman–Crippen MR) is 44.1 cm³/mol. The molecule has 0 aliphatic rings. The van der Waals surface area contributed by atoms with Gasteiger partial charge >= 0.3 is 0 Å². The third-order valence-electron chi connectivity index (χ3n) is 1.92. The van der Waals surface area contributed by atoms with Gasteiger partial charge in [-0.1, -0.05) is 20.3 Å². The number of hydrogen-bond acceptors (Lipinski definition) is 2. The van der Waals surface area contributed by atoms with Gasteiger partial charge in [0.25, 0.3) is 0 Å². The molecule has 0 bridgehead atoms. The van der Waals surface area contributed by atoms with Crippen LogP contribution in [0.1, 0.15) is 27.2 Å². The van der Waals surface area contributed by atoms with Crippen LogP contribution in [0.3, 0.4) is 0 Å². The summed E-state index contributed by atoms with van der Waals surface area (Å²) < 4.78 is 0. The van der Waals surface area contributed by atoms with E-state index in [2.05, 4.69) is 5.32 Å². The van der Waals surface area contributed by atoms with Gasteiger partial charge in [-0.3, -0.25) is 4.79 Å². The molecule has 0 rings (SSSR count). The smallest absolute Gasteiger partial charge is 0.217 e. The second kappa shape index (κ2) is 5.13. The zero-order valence-electron chi connectivity index (χ0n) is 7.42. The summed E-state index contributed by atoms with van der Waals surface area (Å²) in [6.07, 6.45) is 0.964. The van der Waals surface area contributed by atoms with Crippen LogP contribution in [0.2, 0.25) is 0 Å². The Morgan fingerprint density at radius 2 is 2.18 bits per heavy atom. The quantitative estimate of drug-likeness (QED) is 0.628. The monoisotopic (exact) mass is 159 g/mol. The zero-order chi connectivity index (χ0) is 8.85. The molecular weight excluding hydrogens is 142 g/mol. The number of carbonyl (C=O) groups is 1. The summed E-state index contributed by atoms with van der Waals surface area (Å²) in [5.74, 6) is 0.258. The van der Waals surface area contributed by atoms with Crippen molar-refractivity contribution in [3.8, 4) is 0 Å². The number of hydrogen-bond donors (Lipinski definition) is 2. The fraction of sp³-hybridized carbons (Fsp3) is 0.875. The Morgan fingerprint density at radius 1 is 1.64 bits per heavy atom. The van der Waals surface area contributed by atoms with Crippen LogP contribution in [0.4, 0.5) is 0 Å². The van der Waals surface area contributed by atoms with Crippen molar-refractivity contribution in [1.29, 1.82) is 0 Å². The molecule has 0 radical (unpaired) electrons. The molecule has 0 saturated carbocycles. The number of aliphatic hydroxyl groups excluding tert-OH is 1. The molecule has 2 N–H and O–H groups in total. The molecule has 11 heavy (non-hydrogen) atoms. The first-order chi connectivity index (χ1) is 5.11. The van der Waals surface area contributed by atoms with Crippen LogP contribution in [0.25, 0.3) is 0 Å². The molecule has 3 nitrogen and oxygen atoms in total. The third-order valence-corrected chi connectivity index (χ3v) is 1.92. The average molecular weight is 159 g/mol. The summed E-state index contributed by atoms with van der Waals surface area (Å²) in [6, 6.07) is -0.0856. The van der Waals surface area contributed by atoms with Crippen molar-refractivity contribution >= 4 is 5.91 Å². The van der Waals surface area contributed by atoms with E-state index in [4.69, 9.17) is 5.11 Å². The fourth-order valence-corrected chi connectivity index (χ4v) is 0.913. The van der Waals surface area contributed by atoms with Gasteiger partial charge in [0, 0.05) is 6.92 Å². The Kier molecular flexibility index (Phi) is 4.86. The summed E-state index contributed by atoms with van der Waals surface area (Å²) in [6.45, 7) is 5.53. The Hall–Kier alpha value is -0.570. The maximum Gasteiger partial charge on any atom is 0.217 e. The van der Waals surface area contributed by atoms with Gasteiger partial charge in [-0.05, 0) is 5.92 Å². The lowest BCUT2D eigenvalue weighted by atomic mass is 10.00. The van der Waals surface area contributed by atoms with Gasteiger partial charge in [0.2, 0.25) is 5.91 Å². The van der Waals surface area contributed by atoms with E-state index in [0.717, 1.165) is 6.42 Å². The van der Waals surface area contributed by atoms with Crippen molar-refractivity contribution in [2.45, 2.75) is 33.2 Å². The number of aliphatic hydroxyl groups is 1. The van der Waals surface area contributed by atoms with E-state index < -0.39 is 0 Å². The molecule has 0 unspecified atom stereocenters. The van der Waals surface area contributed by atoms with E-state index >= 15 is 0 Å². The van der Waals surface area contributed by atoms with Crippen molar-refractivity contribution in [3.63, 3.8) is 0 Å². The Labute approximate surface area is 67.8 Å². The first-order valence-electron chi connectivity index (χ1n) is 3.99. The molecule has 0 aromatic rings. The molecule has 1 amide bonds. The van der Waals surface area contributed by atoms with Crippen LogP contribution < -0.4 is 5.32 Å². The molecule has 3 heteroatoms. The molecular formula is C8H17NO2. The maximum absolute atomic E-state index is 10.6. The first-order valence-corrected chi connectivity index (χ1v) is 3.99. The van der Waals surface area contributed by atoms with Gasteiger partial charge in [-0.2, -0.15) is 0 Å². The van der Waals surface area contributed by atoms with Crippen molar-refractivity contribution in [3.05, 3.63) is 0 Å².